The topological polar surface area (TPSA) is 29.1 Å². The quantitative estimate of drug-likeness (QED) is 0.864. The Hall–Kier alpha value is -2.23. The smallest absolute Gasteiger partial charge is 0.258 e. The first-order valence-corrected chi connectivity index (χ1v) is 5.39. The predicted molar refractivity (Wildman–Crippen MR) is 65.5 cm³/mol. The van der Waals surface area contributed by atoms with Crippen LogP contribution < -0.4 is 5.32 Å². The van der Waals surface area contributed by atoms with Crippen LogP contribution in [0.3, 0.4) is 0 Å². The van der Waals surface area contributed by atoms with E-state index in [1.54, 1.807) is 13.0 Å². The lowest BCUT2D eigenvalue weighted by Gasteiger charge is -2.07. The minimum atomic E-state index is -0.602. The Morgan fingerprint density at radius 1 is 1.11 bits per heavy atom. The van der Waals surface area contributed by atoms with Crippen molar-refractivity contribution in [3.05, 3.63) is 65.2 Å². The van der Waals surface area contributed by atoms with Gasteiger partial charge in [0.05, 0.1) is 5.56 Å². The molecule has 0 saturated heterocycles. The van der Waals surface area contributed by atoms with Crippen molar-refractivity contribution in [3.63, 3.8) is 0 Å². The molecule has 0 aliphatic heterocycles. The SMILES string of the molecule is Cc1ccc(F)c(C(=O)Nc2cccc(F)c2)c1. The first-order valence-electron chi connectivity index (χ1n) is 5.39. The average molecular weight is 247 g/mol. The molecule has 0 unspecified atom stereocenters. The van der Waals surface area contributed by atoms with E-state index in [0.717, 1.165) is 5.56 Å². The van der Waals surface area contributed by atoms with Gasteiger partial charge in [-0.2, -0.15) is 0 Å². The molecule has 0 aliphatic rings. The minimum Gasteiger partial charge on any atom is -0.322 e. The van der Waals surface area contributed by atoms with Gasteiger partial charge in [0.1, 0.15) is 11.6 Å². The second-order valence-electron chi connectivity index (χ2n) is 3.95. The Morgan fingerprint density at radius 3 is 2.61 bits per heavy atom. The van der Waals surface area contributed by atoms with Crippen molar-refractivity contribution in [2.24, 2.45) is 0 Å². The molecular formula is C14H11F2NO. The number of nitrogens with one attached hydrogen (secondary N) is 1. The number of rotatable bonds is 2. The number of aryl methyl sites for hydroxylation is 1. The number of anilines is 1. The molecule has 18 heavy (non-hydrogen) atoms. The Bertz CT molecular complexity index is 596. The van der Waals surface area contributed by atoms with Gasteiger partial charge in [-0.15, -0.1) is 0 Å². The average Bonchev–Trinajstić information content (AvgIpc) is 2.32. The van der Waals surface area contributed by atoms with Crippen LogP contribution in [0.1, 0.15) is 15.9 Å². The van der Waals surface area contributed by atoms with Gasteiger partial charge in [0.15, 0.2) is 0 Å². The molecule has 0 aliphatic carbocycles. The third-order valence-corrected chi connectivity index (χ3v) is 2.45. The maximum absolute atomic E-state index is 13.5. The summed E-state index contributed by atoms with van der Waals surface area (Å²) in [6, 6.07) is 9.70. The van der Waals surface area contributed by atoms with E-state index < -0.39 is 17.5 Å². The Morgan fingerprint density at radius 2 is 1.89 bits per heavy atom. The van der Waals surface area contributed by atoms with Crippen LogP contribution in [0.15, 0.2) is 42.5 Å². The van der Waals surface area contributed by atoms with E-state index in [9.17, 15) is 13.6 Å². The van der Waals surface area contributed by atoms with Crippen molar-refractivity contribution in [2.75, 3.05) is 5.32 Å². The van der Waals surface area contributed by atoms with Crippen LogP contribution in [0.4, 0.5) is 14.5 Å². The van der Waals surface area contributed by atoms with Crippen LogP contribution in [0, 0.1) is 18.6 Å². The van der Waals surface area contributed by atoms with Crippen LogP contribution in [0.5, 0.6) is 0 Å². The monoisotopic (exact) mass is 247 g/mol. The van der Waals surface area contributed by atoms with Crippen LogP contribution >= 0.6 is 0 Å². The van der Waals surface area contributed by atoms with E-state index in [4.69, 9.17) is 0 Å². The Labute approximate surface area is 103 Å². The molecule has 2 aromatic carbocycles. The molecule has 92 valence electrons. The van der Waals surface area contributed by atoms with E-state index in [1.165, 1.54) is 36.4 Å². The number of carbonyl (C=O) groups is 1. The summed E-state index contributed by atoms with van der Waals surface area (Å²) in [6.45, 7) is 1.76. The fraction of sp³-hybridized carbons (Fsp3) is 0.0714. The molecule has 0 heterocycles. The van der Waals surface area contributed by atoms with Crippen molar-refractivity contribution in [3.8, 4) is 0 Å². The molecule has 0 bridgehead atoms. The maximum Gasteiger partial charge on any atom is 0.258 e. The fourth-order valence-corrected chi connectivity index (χ4v) is 1.58. The van der Waals surface area contributed by atoms with Gasteiger partial charge in [-0.25, -0.2) is 8.78 Å². The van der Waals surface area contributed by atoms with E-state index in [-0.39, 0.29) is 5.56 Å². The van der Waals surface area contributed by atoms with Gasteiger partial charge in [-0.1, -0.05) is 17.7 Å². The first-order chi connectivity index (χ1) is 8.56. The largest absolute Gasteiger partial charge is 0.322 e. The second-order valence-corrected chi connectivity index (χ2v) is 3.95. The molecule has 1 amide bonds. The Kier molecular flexibility index (Phi) is 3.37. The molecule has 0 fully saturated rings. The van der Waals surface area contributed by atoms with Crippen molar-refractivity contribution >= 4 is 11.6 Å². The van der Waals surface area contributed by atoms with Crippen molar-refractivity contribution in [1.82, 2.24) is 0 Å². The molecule has 2 aromatic rings. The molecule has 0 spiro atoms. The number of carbonyl (C=O) groups excluding carboxylic acids is 1. The van der Waals surface area contributed by atoms with Gasteiger partial charge in [0.2, 0.25) is 0 Å². The zero-order valence-electron chi connectivity index (χ0n) is 9.71. The summed E-state index contributed by atoms with van der Waals surface area (Å²) in [5, 5.41) is 2.45. The van der Waals surface area contributed by atoms with Gasteiger partial charge in [0, 0.05) is 5.69 Å². The molecule has 0 saturated carbocycles. The minimum absolute atomic E-state index is 0.0562. The lowest BCUT2D eigenvalue weighted by molar-refractivity contribution is 0.102. The highest BCUT2D eigenvalue weighted by molar-refractivity contribution is 6.04. The zero-order chi connectivity index (χ0) is 13.1. The molecule has 0 atom stereocenters. The van der Waals surface area contributed by atoms with E-state index in [1.807, 2.05) is 0 Å². The highest BCUT2D eigenvalue weighted by Gasteiger charge is 2.12. The van der Waals surface area contributed by atoms with Crippen LogP contribution in [0.2, 0.25) is 0 Å². The molecule has 4 heteroatoms. The maximum atomic E-state index is 13.5. The summed E-state index contributed by atoms with van der Waals surface area (Å²) in [7, 11) is 0. The molecule has 0 aromatic heterocycles. The number of hydrogen-bond donors (Lipinski definition) is 1. The van der Waals surface area contributed by atoms with E-state index >= 15 is 0 Å². The molecule has 0 radical (unpaired) electrons. The number of amides is 1. The molecule has 1 N–H and O–H groups in total. The summed E-state index contributed by atoms with van der Waals surface area (Å²) < 4.78 is 26.4. The van der Waals surface area contributed by atoms with Crippen molar-refractivity contribution in [2.45, 2.75) is 6.92 Å². The van der Waals surface area contributed by atoms with Crippen molar-refractivity contribution in [1.29, 1.82) is 0 Å². The van der Waals surface area contributed by atoms with Crippen LogP contribution in [-0.4, -0.2) is 5.91 Å². The first kappa shape index (κ1) is 12.2. The second kappa shape index (κ2) is 4.96. The fourth-order valence-electron chi connectivity index (χ4n) is 1.58. The standard InChI is InChI=1S/C14H11F2NO/c1-9-5-6-13(16)12(7-9)14(18)17-11-4-2-3-10(15)8-11/h2-8H,1H3,(H,17,18). The third-order valence-electron chi connectivity index (χ3n) is 2.45. The van der Waals surface area contributed by atoms with E-state index in [2.05, 4.69) is 5.32 Å². The number of halogens is 2. The van der Waals surface area contributed by atoms with Crippen molar-refractivity contribution < 1.29 is 13.6 Å². The Balaban J connectivity index is 2.24. The van der Waals surface area contributed by atoms with Crippen LogP contribution in [-0.2, 0) is 0 Å². The van der Waals surface area contributed by atoms with E-state index in [0.29, 0.717) is 5.69 Å². The summed E-state index contributed by atoms with van der Waals surface area (Å²) in [4.78, 5) is 11.8. The summed E-state index contributed by atoms with van der Waals surface area (Å²) >= 11 is 0. The highest BCUT2D eigenvalue weighted by atomic mass is 19.1. The number of benzene rings is 2. The van der Waals surface area contributed by atoms with Gasteiger partial charge in [-0.05, 0) is 37.3 Å². The van der Waals surface area contributed by atoms with Gasteiger partial charge >= 0.3 is 0 Å². The third kappa shape index (κ3) is 2.71. The van der Waals surface area contributed by atoms with Gasteiger partial charge in [0.25, 0.3) is 5.91 Å². The van der Waals surface area contributed by atoms with Gasteiger partial charge < -0.3 is 5.32 Å². The summed E-state index contributed by atoms with van der Waals surface area (Å²) in [5.74, 6) is -1.66. The summed E-state index contributed by atoms with van der Waals surface area (Å²) in [5.41, 5.74) is 1.01. The number of hydrogen-bond acceptors (Lipinski definition) is 1. The predicted octanol–water partition coefficient (Wildman–Crippen LogP) is 3.53. The van der Waals surface area contributed by atoms with Crippen LogP contribution in [0.25, 0.3) is 0 Å². The molecule has 2 rings (SSSR count). The zero-order valence-corrected chi connectivity index (χ0v) is 9.71. The highest BCUT2D eigenvalue weighted by Crippen LogP contribution is 2.14. The normalized spacial score (nSPS) is 10.2. The molecule has 2 nitrogen and oxygen atoms in total. The lowest BCUT2D eigenvalue weighted by atomic mass is 10.1. The summed E-state index contributed by atoms with van der Waals surface area (Å²) in [6.07, 6.45) is 0. The molecular weight excluding hydrogens is 236 g/mol. The van der Waals surface area contributed by atoms with Gasteiger partial charge in [-0.3, -0.25) is 4.79 Å². The lowest BCUT2D eigenvalue weighted by Crippen LogP contribution is -2.14.